The Kier molecular flexibility index (Phi) is 3.44. The molecule has 0 aliphatic carbocycles. The maximum absolute atomic E-state index is 5.30. The van der Waals surface area contributed by atoms with Crippen molar-refractivity contribution in [1.82, 2.24) is 5.32 Å². The number of furan rings is 1. The van der Waals surface area contributed by atoms with E-state index in [1.54, 1.807) is 6.26 Å². The Hall–Kier alpha value is -1.58. The molecule has 0 saturated heterocycles. The van der Waals surface area contributed by atoms with Crippen molar-refractivity contribution >= 4 is 21.4 Å². The van der Waals surface area contributed by atoms with Crippen LogP contribution in [-0.2, 0) is 13.0 Å². The minimum Gasteiger partial charge on any atom is -0.469 e. The van der Waals surface area contributed by atoms with Crippen LogP contribution in [0.15, 0.2) is 52.5 Å². The lowest BCUT2D eigenvalue weighted by molar-refractivity contribution is 0.499. The second kappa shape index (κ2) is 5.38. The summed E-state index contributed by atoms with van der Waals surface area (Å²) in [6.07, 6.45) is 2.66. The SMILES string of the molecule is c1coc(CCNCc2csc3ccccc23)c1. The molecule has 0 saturated carbocycles. The van der Waals surface area contributed by atoms with Gasteiger partial charge in [0.2, 0.25) is 0 Å². The first kappa shape index (κ1) is 11.5. The number of rotatable bonds is 5. The first-order valence-corrected chi connectivity index (χ1v) is 6.99. The van der Waals surface area contributed by atoms with Crippen LogP contribution in [0.5, 0.6) is 0 Å². The highest BCUT2D eigenvalue weighted by Crippen LogP contribution is 2.25. The lowest BCUT2D eigenvalue weighted by Crippen LogP contribution is -2.16. The Balaban J connectivity index is 1.57. The molecule has 3 heteroatoms. The van der Waals surface area contributed by atoms with Gasteiger partial charge in [-0.15, -0.1) is 11.3 Å². The molecule has 3 aromatic rings. The molecule has 0 aliphatic heterocycles. The van der Waals surface area contributed by atoms with Crippen molar-refractivity contribution in [3.8, 4) is 0 Å². The lowest BCUT2D eigenvalue weighted by atomic mass is 10.2. The van der Waals surface area contributed by atoms with Crippen molar-refractivity contribution in [2.24, 2.45) is 0 Å². The summed E-state index contributed by atoms with van der Waals surface area (Å²) >= 11 is 1.81. The van der Waals surface area contributed by atoms with E-state index in [-0.39, 0.29) is 0 Å². The monoisotopic (exact) mass is 257 g/mol. The van der Waals surface area contributed by atoms with Crippen molar-refractivity contribution in [3.05, 3.63) is 59.4 Å². The van der Waals surface area contributed by atoms with Crippen LogP contribution in [0.4, 0.5) is 0 Å². The summed E-state index contributed by atoms with van der Waals surface area (Å²) in [4.78, 5) is 0. The summed E-state index contributed by atoms with van der Waals surface area (Å²) in [7, 11) is 0. The molecule has 18 heavy (non-hydrogen) atoms. The number of thiophene rings is 1. The van der Waals surface area contributed by atoms with Gasteiger partial charge in [-0.2, -0.15) is 0 Å². The molecule has 0 radical (unpaired) electrons. The second-order valence-corrected chi connectivity index (χ2v) is 5.17. The maximum atomic E-state index is 5.30. The molecule has 0 spiro atoms. The van der Waals surface area contributed by atoms with E-state index in [1.165, 1.54) is 15.6 Å². The third kappa shape index (κ3) is 2.47. The van der Waals surface area contributed by atoms with Gasteiger partial charge in [0.1, 0.15) is 5.76 Å². The van der Waals surface area contributed by atoms with Crippen molar-refractivity contribution in [2.45, 2.75) is 13.0 Å². The lowest BCUT2D eigenvalue weighted by Gasteiger charge is -2.02. The molecular formula is C15H15NOS. The van der Waals surface area contributed by atoms with Gasteiger partial charge in [0.15, 0.2) is 0 Å². The Morgan fingerprint density at radius 2 is 2.06 bits per heavy atom. The van der Waals surface area contributed by atoms with Gasteiger partial charge in [0.25, 0.3) is 0 Å². The first-order chi connectivity index (χ1) is 8.93. The van der Waals surface area contributed by atoms with Crippen molar-refractivity contribution < 1.29 is 4.42 Å². The first-order valence-electron chi connectivity index (χ1n) is 6.12. The average Bonchev–Trinajstić information content (AvgIpc) is 3.04. The zero-order valence-corrected chi connectivity index (χ0v) is 10.9. The van der Waals surface area contributed by atoms with Gasteiger partial charge < -0.3 is 9.73 Å². The van der Waals surface area contributed by atoms with E-state index in [0.29, 0.717) is 0 Å². The molecule has 2 aromatic heterocycles. The molecule has 1 aromatic carbocycles. The summed E-state index contributed by atoms with van der Waals surface area (Å²) in [6, 6.07) is 12.5. The minimum absolute atomic E-state index is 0.921. The number of hydrogen-bond donors (Lipinski definition) is 1. The molecule has 0 bridgehead atoms. The molecule has 2 nitrogen and oxygen atoms in total. The van der Waals surface area contributed by atoms with Crippen LogP contribution in [-0.4, -0.2) is 6.54 Å². The average molecular weight is 257 g/mol. The number of hydrogen-bond acceptors (Lipinski definition) is 3. The van der Waals surface area contributed by atoms with E-state index in [0.717, 1.165) is 25.3 Å². The fraction of sp³-hybridized carbons (Fsp3) is 0.200. The second-order valence-electron chi connectivity index (χ2n) is 4.26. The minimum atomic E-state index is 0.921. The van der Waals surface area contributed by atoms with Crippen LogP contribution in [0.2, 0.25) is 0 Å². The predicted molar refractivity (Wildman–Crippen MR) is 75.9 cm³/mol. The summed E-state index contributed by atoms with van der Waals surface area (Å²) < 4.78 is 6.66. The molecule has 3 rings (SSSR count). The number of nitrogens with one attached hydrogen (secondary N) is 1. The van der Waals surface area contributed by atoms with Crippen molar-refractivity contribution in [1.29, 1.82) is 0 Å². The zero-order chi connectivity index (χ0) is 12.2. The van der Waals surface area contributed by atoms with Gasteiger partial charge in [-0.1, -0.05) is 18.2 Å². The number of fused-ring (bicyclic) bond motifs is 1. The van der Waals surface area contributed by atoms with E-state index in [4.69, 9.17) is 4.42 Å². The maximum Gasteiger partial charge on any atom is 0.105 e. The third-order valence-corrected chi connectivity index (χ3v) is 4.02. The standard InChI is InChI=1S/C15H15NOS/c1-2-6-15-14(5-1)12(11-18-15)10-16-8-7-13-4-3-9-17-13/h1-6,9,11,16H,7-8,10H2. The van der Waals surface area contributed by atoms with E-state index < -0.39 is 0 Å². The van der Waals surface area contributed by atoms with Gasteiger partial charge >= 0.3 is 0 Å². The highest BCUT2D eigenvalue weighted by Gasteiger charge is 2.02. The molecule has 2 heterocycles. The molecule has 0 fully saturated rings. The molecule has 0 amide bonds. The summed E-state index contributed by atoms with van der Waals surface area (Å²) in [5, 5.41) is 7.07. The van der Waals surface area contributed by atoms with Gasteiger partial charge in [-0.05, 0) is 34.5 Å². The molecule has 1 N–H and O–H groups in total. The summed E-state index contributed by atoms with van der Waals surface area (Å²) in [5.41, 5.74) is 1.38. The van der Waals surface area contributed by atoms with Crippen molar-refractivity contribution in [2.75, 3.05) is 6.54 Å². The van der Waals surface area contributed by atoms with Gasteiger partial charge in [0, 0.05) is 24.2 Å². The Labute approximate surface area is 110 Å². The van der Waals surface area contributed by atoms with Gasteiger partial charge in [-0.3, -0.25) is 0 Å². The van der Waals surface area contributed by atoms with Crippen LogP contribution in [0.25, 0.3) is 10.1 Å². The highest BCUT2D eigenvalue weighted by atomic mass is 32.1. The Morgan fingerprint density at radius 1 is 1.11 bits per heavy atom. The number of benzene rings is 1. The van der Waals surface area contributed by atoms with Crippen molar-refractivity contribution in [3.63, 3.8) is 0 Å². The van der Waals surface area contributed by atoms with Crippen LogP contribution in [0, 0.1) is 0 Å². The predicted octanol–water partition coefficient (Wildman–Crippen LogP) is 3.83. The Bertz CT molecular complexity index is 612. The molecule has 92 valence electrons. The molecule has 0 aliphatic rings. The smallest absolute Gasteiger partial charge is 0.105 e. The van der Waals surface area contributed by atoms with Crippen LogP contribution < -0.4 is 5.32 Å². The van der Waals surface area contributed by atoms with Gasteiger partial charge in [-0.25, -0.2) is 0 Å². The zero-order valence-electron chi connectivity index (χ0n) is 10.1. The fourth-order valence-corrected chi connectivity index (χ4v) is 3.02. The molecule has 0 unspecified atom stereocenters. The largest absolute Gasteiger partial charge is 0.469 e. The van der Waals surface area contributed by atoms with E-state index >= 15 is 0 Å². The van der Waals surface area contributed by atoms with Crippen LogP contribution in [0.3, 0.4) is 0 Å². The summed E-state index contributed by atoms with van der Waals surface area (Å²) in [6.45, 7) is 1.86. The van der Waals surface area contributed by atoms with Crippen LogP contribution in [0.1, 0.15) is 11.3 Å². The van der Waals surface area contributed by atoms with E-state index in [9.17, 15) is 0 Å². The highest BCUT2D eigenvalue weighted by molar-refractivity contribution is 7.17. The summed E-state index contributed by atoms with van der Waals surface area (Å²) in [5.74, 6) is 1.04. The van der Waals surface area contributed by atoms with Crippen LogP contribution >= 0.6 is 11.3 Å². The third-order valence-electron chi connectivity index (χ3n) is 3.00. The van der Waals surface area contributed by atoms with E-state index in [1.807, 2.05) is 23.5 Å². The quantitative estimate of drug-likeness (QED) is 0.703. The molecular weight excluding hydrogens is 242 g/mol. The molecule has 0 atom stereocenters. The fourth-order valence-electron chi connectivity index (χ4n) is 2.06. The van der Waals surface area contributed by atoms with Gasteiger partial charge in [0.05, 0.1) is 6.26 Å². The topological polar surface area (TPSA) is 25.2 Å². The normalized spacial score (nSPS) is 11.1. The Morgan fingerprint density at radius 3 is 2.94 bits per heavy atom. The van der Waals surface area contributed by atoms with E-state index in [2.05, 4.69) is 35.0 Å².